The van der Waals surface area contributed by atoms with Gasteiger partial charge in [-0.25, -0.2) is 0 Å². The lowest BCUT2D eigenvalue weighted by molar-refractivity contribution is -0.132. The lowest BCUT2D eigenvalue weighted by atomic mass is 9.97. The fourth-order valence-corrected chi connectivity index (χ4v) is 5.08. The van der Waals surface area contributed by atoms with Gasteiger partial charge in [0.1, 0.15) is 0 Å². The summed E-state index contributed by atoms with van der Waals surface area (Å²) in [4.78, 5) is 15.0. The van der Waals surface area contributed by atoms with Crippen LogP contribution in [0.2, 0.25) is 0 Å². The molecule has 0 radical (unpaired) electrons. The Kier molecular flexibility index (Phi) is 4.07. The largest absolute Gasteiger partial charge is 0.335 e. The van der Waals surface area contributed by atoms with Gasteiger partial charge in [0.25, 0.3) is 0 Å². The summed E-state index contributed by atoms with van der Waals surface area (Å²) in [6, 6.07) is 6.65. The first-order valence-corrected chi connectivity index (χ1v) is 10.2. The molecule has 2 aromatic rings. The van der Waals surface area contributed by atoms with Gasteiger partial charge < -0.3 is 4.90 Å². The van der Waals surface area contributed by atoms with Crippen LogP contribution in [0.25, 0.3) is 0 Å². The number of aryl methyl sites for hydroxylation is 2. The Morgan fingerprint density at radius 1 is 1.08 bits per heavy atom. The standard InChI is InChI=1S/C22H27N3O/c26-22(13-16-8-9-17-6-3-7-19(17)12-16)24-10-11-25-21(15-24)20(14-23-25)18-4-1-2-5-18/h8-9,12,14,18H,1-7,10-11,13,15H2. The second kappa shape index (κ2) is 6.57. The number of carbonyl (C=O) groups excluding carboxylic acids is 1. The molecule has 0 N–H and O–H groups in total. The Hall–Kier alpha value is -2.10. The number of hydrogen-bond donors (Lipinski definition) is 0. The predicted molar refractivity (Wildman–Crippen MR) is 101 cm³/mol. The summed E-state index contributed by atoms with van der Waals surface area (Å²) in [5, 5.41) is 4.60. The van der Waals surface area contributed by atoms with E-state index in [1.807, 2.05) is 4.90 Å². The molecule has 1 aromatic carbocycles. The zero-order chi connectivity index (χ0) is 17.5. The third-order valence-corrected chi connectivity index (χ3v) is 6.57. The van der Waals surface area contributed by atoms with Crippen molar-refractivity contribution in [2.75, 3.05) is 6.54 Å². The summed E-state index contributed by atoms with van der Waals surface area (Å²) in [5.74, 6) is 0.915. The van der Waals surface area contributed by atoms with Crippen LogP contribution < -0.4 is 0 Å². The van der Waals surface area contributed by atoms with Crippen molar-refractivity contribution in [1.82, 2.24) is 14.7 Å². The molecule has 1 fully saturated rings. The number of aromatic nitrogens is 2. The lowest BCUT2D eigenvalue weighted by Gasteiger charge is -2.29. The average molecular weight is 349 g/mol. The SMILES string of the molecule is O=C(Cc1ccc2c(c1)CCC2)N1CCn2ncc(C3CCCC3)c2C1. The van der Waals surface area contributed by atoms with Gasteiger partial charge in [0.15, 0.2) is 0 Å². The molecule has 4 nitrogen and oxygen atoms in total. The number of hydrogen-bond acceptors (Lipinski definition) is 2. The van der Waals surface area contributed by atoms with Crippen LogP contribution in [0.3, 0.4) is 0 Å². The number of benzene rings is 1. The number of fused-ring (bicyclic) bond motifs is 2. The first-order chi connectivity index (χ1) is 12.8. The quantitative estimate of drug-likeness (QED) is 0.849. The molecule has 0 unspecified atom stereocenters. The molecule has 0 atom stereocenters. The Morgan fingerprint density at radius 3 is 2.81 bits per heavy atom. The Bertz CT molecular complexity index is 832. The molecule has 1 aromatic heterocycles. The van der Waals surface area contributed by atoms with Crippen molar-refractivity contribution in [2.24, 2.45) is 0 Å². The highest BCUT2D eigenvalue weighted by Gasteiger charge is 2.28. The molecular formula is C22H27N3O. The minimum Gasteiger partial charge on any atom is -0.335 e. The maximum atomic E-state index is 12.9. The van der Waals surface area contributed by atoms with E-state index in [1.165, 1.54) is 72.9 Å². The normalized spacial score (nSPS) is 19.6. The third kappa shape index (κ3) is 2.85. The van der Waals surface area contributed by atoms with Gasteiger partial charge >= 0.3 is 0 Å². The van der Waals surface area contributed by atoms with Gasteiger partial charge in [0.05, 0.1) is 31.4 Å². The molecule has 3 aliphatic rings. The Balaban J connectivity index is 1.31. The molecule has 26 heavy (non-hydrogen) atoms. The third-order valence-electron chi connectivity index (χ3n) is 6.57. The van der Waals surface area contributed by atoms with E-state index >= 15 is 0 Å². The topological polar surface area (TPSA) is 38.1 Å². The number of rotatable bonds is 3. The van der Waals surface area contributed by atoms with E-state index in [0.717, 1.165) is 19.6 Å². The summed E-state index contributed by atoms with van der Waals surface area (Å²) in [6.07, 6.45) is 11.4. The minimum atomic E-state index is 0.257. The van der Waals surface area contributed by atoms with Crippen LogP contribution in [-0.4, -0.2) is 27.1 Å². The monoisotopic (exact) mass is 349 g/mol. The second-order valence-corrected chi connectivity index (χ2v) is 8.20. The molecule has 136 valence electrons. The Morgan fingerprint density at radius 2 is 1.92 bits per heavy atom. The maximum absolute atomic E-state index is 12.9. The zero-order valence-corrected chi connectivity index (χ0v) is 15.4. The van der Waals surface area contributed by atoms with E-state index in [0.29, 0.717) is 12.3 Å². The predicted octanol–water partition coefficient (Wildman–Crippen LogP) is 3.61. The van der Waals surface area contributed by atoms with Gasteiger partial charge in [-0.1, -0.05) is 31.0 Å². The summed E-state index contributed by atoms with van der Waals surface area (Å²) in [6.45, 7) is 2.34. The van der Waals surface area contributed by atoms with Crippen LogP contribution in [0.5, 0.6) is 0 Å². The van der Waals surface area contributed by atoms with E-state index in [2.05, 4.69) is 34.2 Å². The first kappa shape index (κ1) is 16.1. The maximum Gasteiger partial charge on any atom is 0.227 e. The van der Waals surface area contributed by atoms with E-state index in [-0.39, 0.29) is 5.91 Å². The summed E-state index contributed by atoms with van der Waals surface area (Å²) < 4.78 is 2.13. The van der Waals surface area contributed by atoms with Crippen molar-refractivity contribution in [1.29, 1.82) is 0 Å². The highest BCUT2D eigenvalue weighted by Crippen LogP contribution is 2.36. The van der Waals surface area contributed by atoms with Crippen LogP contribution in [-0.2, 0) is 37.1 Å². The molecule has 0 bridgehead atoms. The van der Waals surface area contributed by atoms with E-state index in [4.69, 9.17) is 0 Å². The molecule has 2 aliphatic carbocycles. The van der Waals surface area contributed by atoms with E-state index in [9.17, 15) is 4.79 Å². The summed E-state index contributed by atoms with van der Waals surface area (Å²) in [7, 11) is 0. The highest BCUT2D eigenvalue weighted by molar-refractivity contribution is 5.79. The fraction of sp³-hybridized carbons (Fsp3) is 0.545. The number of nitrogens with zero attached hydrogens (tertiary/aromatic N) is 3. The molecule has 0 spiro atoms. The second-order valence-electron chi connectivity index (χ2n) is 8.20. The smallest absolute Gasteiger partial charge is 0.227 e. The van der Waals surface area contributed by atoms with Gasteiger partial charge in [-0.15, -0.1) is 0 Å². The number of amides is 1. The number of carbonyl (C=O) groups is 1. The fourth-order valence-electron chi connectivity index (χ4n) is 5.08. The van der Waals surface area contributed by atoms with Gasteiger partial charge in [-0.3, -0.25) is 9.48 Å². The van der Waals surface area contributed by atoms with Crippen molar-refractivity contribution >= 4 is 5.91 Å². The van der Waals surface area contributed by atoms with Crippen molar-refractivity contribution < 1.29 is 4.79 Å². The summed E-state index contributed by atoms with van der Waals surface area (Å²) >= 11 is 0. The molecule has 1 saturated carbocycles. The molecule has 1 aliphatic heterocycles. The minimum absolute atomic E-state index is 0.257. The summed E-state index contributed by atoms with van der Waals surface area (Å²) in [5.41, 5.74) is 6.79. The lowest BCUT2D eigenvalue weighted by Crippen LogP contribution is -2.39. The molecule has 0 saturated heterocycles. The molecule has 4 heteroatoms. The highest BCUT2D eigenvalue weighted by atomic mass is 16.2. The van der Waals surface area contributed by atoms with Gasteiger partial charge in [-0.2, -0.15) is 5.10 Å². The van der Waals surface area contributed by atoms with Crippen LogP contribution in [0, 0.1) is 0 Å². The van der Waals surface area contributed by atoms with E-state index < -0.39 is 0 Å². The molecule has 5 rings (SSSR count). The van der Waals surface area contributed by atoms with Crippen LogP contribution in [0.4, 0.5) is 0 Å². The van der Waals surface area contributed by atoms with Gasteiger partial charge in [0.2, 0.25) is 5.91 Å². The van der Waals surface area contributed by atoms with Gasteiger partial charge in [0, 0.05) is 6.54 Å². The molecule has 1 amide bonds. The first-order valence-electron chi connectivity index (χ1n) is 10.2. The van der Waals surface area contributed by atoms with Crippen molar-refractivity contribution in [3.63, 3.8) is 0 Å². The van der Waals surface area contributed by atoms with Crippen molar-refractivity contribution in [3.8, 4) is 0 Å². The average Bonchev–Trinajstić information content (AvgIpc) is 3.40. The van der Waals surface area contributed by atoms with Crippen LogP contribution in [0.1, 0.15) is 66.0 Å². The van der Waals surface area contributed by atoms with Crippen molar-refractivity contribution in [2.45, 2.75) is 70.4 Å². The van der Waals surface area contributed by atoms with Crippen LogP contribution >= 0.6 is 0 Å². The molecule has 2 heterocycles. The van der Waals surface area contributed by atoms with Crippen LogP contribution in [0.15, 0.2) is 24.4 Å². The zero-order valence-electron chi connectivity index (χ0n) is 15.4. The Labute approximate surface area is 155 Å². The van der Waals surface area contributed by atoms with Gasteiger partial charge in [-0.05, 0) is 60.3 Å². The van der Waals surface area contributed by atoms with E-state index in [1.54, 1.807) is 0 Å². The molecular weight excluding hydrogens is 322 g/mol. The van der Waals surface area contributed by atoms with Crippen molar-refractivity contribution in [3.05, 3.63) is 52.3 Å².